The van der Waals surface area contributed by atoms with E-state index >= 15 is 0 Å². The Bertz CT molecular complexity index is 263. The van der Waals surface area contributed by atoms with Crippen molar-refractivity contribution in [3.05, 3.63) is 0 Å². The molecule has 0 radical (unpaired) electrons. The zero-order valence-electron chi connectivity index (χ0n) is 8.86. The second-order valence-electron chi connectivity index (χ2n) is 3.37. The third-order valence-electron chi connectivity index (χ3n) is 1.68. The third kappa shape index (κ3) is 6.03. The van der Waals surface area contributed by atoms with E-state index in [1.807, 2.05) is 0 Å². The minimum absolute atomic E-state index is 0.124. The summed E-state index contributed by atoms with van der Waals surface area (Å²) in [6.07, 6.45) is 0. The molecule has 4 N–H and O–H groups in total. The SMILES string of the molecule is COCCNS(=O)(=O)NC(C)(CO)CO. The first-order valence-corrected chi connectivity index (χ1v) is 5.86. The quantitative estimate of drug-likeness (QED) is 0.361. The van der Waals surface area contributed by atoms with Gasteiger partial charge in [-0.25, -0.2) is 0 Å². The van der Waals surface area contributed by atoms with Gasteiger partial charge in [0.2, 0.25) is 0 Å². The summed E-state index contributed by atoms with van der Waals surface area (Å²) in [5, 5.41) is 17.8. The van der Waals surface area contributed by atoms with Gasteiger partial charge in [0.15, 0.2) is 0 Å². The van der Waals surface area contributed by atoms with Gasteiger partial charge in [0.05, 0.1) is 25.4 Å². The highest BCUT2D eigenvalue weighted by Gasteiger charge is 2.27. The average molecular weight is 242 g/mol. The standard InChI is InChI=1S/C7H18N2O5S/c1-7(5-10,6-11)9-15(12,13)8-3-4-14-2/h8-11H,3-6H2,1-2H3. The molecule has 0 rings (SSSR count). The molecule has 0 aliphatic carbocycles. The lowest BCUT2D eigenvalue weighted by molar-refractivity contribution is 0.121. The van der Waals surface area contributed by atoms with Crippen LogP contribution in [0.3, 0.4) is 0 Å². The highest BCUT2D eigenvalue weighted by molar-refractivity contribution is 7.87. The van der Waals surface area contributed by atoms with Crippen molar-refractivity contribution in [2.45, 2.75) is 12.5 Å². The molecule has 0 aromatic heterocycles. The van der Waals surface area contributed by atoms with Crippen LogP contribution in [0.5, 0.6) is 0 Å². The summed E-state index contributed by atoms with van der Waals surface area (Å²) >= 11 is 0. The van der Waals surface area contributed by atoms with Crippen molar-refractivity contribution in [1.82, 2.24) is 9.44 Å². The summed E-state index contributed by atoms with van der Waals surface area (Å²) in [5.41, 5.74) is -1.26. The fourth-order valence-corrected chi connectivity index (χ4v) is 1.96. The molecule has 0 aromatic rings. The van der Waals surface area contributed by atoms with Gasteiger partial charge in [0.1, 0.15) is 0 Å². The van der Waals surface area contributed by atoms with E-state index in [1.165, 1.54) is 14.0 Å². The van der Waals surface area contributed by atoms with Gasteiger partial charge in [-0.2, -0.15) is 17.9 Å². The second kappa shape index (κ2) is 6.36. The van der Waals surface area contributed by atoms with Crippen LogP contribution in [0.2, 0.25) is 0 Å². The van der Waals surface area contributed by atoms with Crippen LogP contribution in [0.25, 0.3) is 0 Å². The monoisotopic (exact) mass is 242 g/mol. The first kappa shape index (κ1) is 14.8. The second-order valence-corrected chi connectivity index (χ2v) is 4.87. The van der Waals surface area contributed by atoms with Crippen molar-refractivity contribution >= 4 is 10.2 Å². The summed E-state index contributed by atoms with van der Waals surface area (Å²) in [6, 6.07) is 0. The molecule has 15 heavy (non-hydrogen) atoms. The number of hydrogen-bond acceptors (Lipinski definition) is 5. The molecule has 8 heteroatoms. The number of ether oxygens (including phenoxy) is 1. The molecule has 0 saturated carbocycles. The van der Waals surface area contributed by atoms with Crippen molar-refractivity contribution in [3.63, 3.8) is 0 Å². The van der Waals surface area contributed by atoms with Crippen molar-refractivity contribution in [2.75, 3.05) is 33.5 Å². The van der Waals surface area contributed by atoms with Crippen LogP contribution in [0, 0.1) is 0 Å². The largest absolute Gasteiger partial charge is 0.394 e. The maximum atomic E-state index is 11.3. The first-order chi connectivity index (χ1) is 6.89. The van der Waals surface area contributed by atoms with E-state index in [9.17, 15) is 8.42 Å². The molecule has 0 bridgehead atoms. The lowest BCUT2D eigenvalue weighted by atomic mass is 10.1. The van der Waals surface area contributed by atoms with Crippen LogP contribution in [-0.2, 0) is 14.9 Å². The van der Waals surface area contributed by atoms with Crippen LogP contribution in [0.15, 0.2) is 0 Å². The molecule has 0 fully saturated rings. The Morgan fingerprint density at radius 3 is 2.27 bits per heavy atom. The Labute approximate surface area is 89.6 Å². The van der Waals surface area contributed by atoms with Crippen LogP contribution in [-0.4, -0.2) is 57.6 Å². The van der Waals surface area contributed by atoms with Gasteiger partial charge in [0.25, 0.3) is 10.2 Å². The molecular weight excluding hydrogens is 224 g/mol. The average Bonchev–Trinajstić information content (AvgIpc) is 2.17. The highest BCUT2D eigenvalue weighted by Crippen LogP contribution is 2.01. The topological polar surface area (TPSA) is 108 Å². The van der Waals surface area contributed by atoms with E-state index in [0.29, 0.717) is 0 Å². The van der Waals surface area contributed by atoms with E-state index in [4.69, 9.17) is 10.2 Å². The van der Waals surface area contributed by atoms with Crippen LogP contribution in [0.1, 0.15) is 6.92 Å². The van der Waals surface area contributed by atoms with E-state index in [-0.39, 0.29) is 13.2 Å². The summed E-state index contributed by atoms with van der Waals surface area (Å²) in [5.74, 6) is 0. The molecule has 7 nitrogen and oxygen atoms in total. The maximum absolute atomic E-state index is 11.3. The predicted octanol–water partition coefficient (Wildman–Crippen LogP) is -2.20. The van der Waals surface area contributed by atoms with Crippen LogP contribution >= 0.6 is 0 Å². The van der Waals surface area contributed by atoms with Gasteiger partial charge in [-0.3, -0.25) is 0 Å². The molecule has 0 saturated heterocycles. The van der Waals surface area contributed by atoms with E-state index in [1.54, 1.807) is 0 Å². The Balaban J connectivity index is 4.24. The number of aliphatic hydroxyl groups is 2. The lowest BCUT2D eigenvalue weighted by Gasteiger charge is -2.25. The van der Waals surface area contributed by atoms with Crippen molar-refractivity contribution in [3.8, 4) is 0 Å². The highest BCUT2D eigenvalue weighted by atomic mass is 32.2. The summed E-state index contributed by atoms with van der Waals surface area (Å²) in [4.78, 5) is 0. The molecule has 0 amide bonds. The van der Waals surface area contributed by atoms with E-state index < -0.39 is 29.0 Å². The number of hydrogen-bond donors (Lipinski definition) is 4. The molecule has 0 aliphatic heterocycles. The zero-order chi connectivity index (χ0) is 11.9. The number of methoxy groups -OCH3 is 1. The third-order valence-corrected chi connectivity index (χ3v) is 3.02. The van der Waals surface area contributed by atoms with Gasteiger partial charge < -0.3 is 14.9 Å². The smallest absolute Gasteiger partial charge is 0.277 e. The molecule has 0 unspecified atom stereocenters. The molecule has 0 heterocycles. The summed E-state index contributed by atoms with van der Waals surface area (Å²) in [7, 11) is -2.28. The molecule has 92 valence electrons. The van der Waals surface area contributed by atoms with Crippen molar-refractivity contribution in [2.24, 2.45) is 0 Å². The number of aliphatic hydroxyl groups excluding tert-OH is 2. The van der Waals surface area contributed by atoms with Crippen molar-refractivity contribution in [1.29, 1.82) is 0 Å². The summed E-state index contributed by atoms with van der Waals surface area (Å²) in [6.45, 7) is 0.778. The summed E-state index contributed by atoms with van der Waals surface area (Å²) < 4.78 is 31.7. The van der Waals surface area contributed by atoms with Gasteiger partial charge in [0, 0.05) is 13.7 Å². The Kier molecular flexibility index (Phi) is 6.25. The minimum atomic E-state index is -3.74. The van der Waals surface area contributed by atoms with Crippen LogP contribution < -0.4 is 9.44 Å². The molecular formula is C7H18N2O5S. The molecule has 0 aliphatic rings. The van der Waals surface area contributed by atoms with Gasteiger partial charge in [-0.05, 0) is 6.92 Å². The van der Waals surface area contributed by atoms with E-state index in [0.717, 1.165) is 0 Å². The lowest BCUT2D eigenvalue weighted by Crippen LogP contribution is -2.55. The molecule has 0 spiro atoms. The van der Waals surface area contributed by atoms with Gasteiger partial charge >= 0.3 is 0 Å². The normalized spacial score (nSPS) is 13.1. The fourth-order valence-electron chi connectivity index (χ4n) is 0.753. The van der Waals surface area contributed by atoms with Crippen molar-refractivity contribution < 1.29 is 23.4 Å². The molecule has 0 aromatic carbocycles. The van der Waals surface area contributed by atoms with Gasteiger partial charge in [-0.15, -0.1) is 0 Å². The van der Waals surface area contributed by atoms with Crippen LogP contribution in [0.4, 0.5) is 0 Å². The Hall–Kier alpha value is -0.250. The fraction of sp³-hybridized carbons (Fsp3) is 1.00. The van der Waals surface area contributed by atoms with E-state index in [2.05, 4.69) is 14.2 Å². The minimum Gasteiger partial charge on any atom is -0.394 e. The number of rotatable bonds is 8. The zero-order valence-corrected chi connectivity index (χ0v) is 9.67. The first-order valence-electron chi connectivity index (χ1n) is 4.38. The molecule has 0 atom stereocenters. The predicted molar refractivity (Wildman–Crippen MR) is 54.5 cm³/mol. The number of nitrogens with one attached hydrogen (secondary N) is 2. The maximum Gasteiger partial charge on any atom is 0.277 e. The van der Waals surface area contributed by atoms with Gasteiger partial charge in [-0.1, -0.05) is 0 Å². The Morgan fingerprint density at radius 1 is 1.33 bits per heavy atom. The Morgan fingerprint density at radius 2 is 1.87 bits per heavy atom.